The lowest BCUT2D eigenvalue weighted by atomic mass is 10.1. The third-order valence-electron chi connectivity index (χ3n) is 4.10. The Hall–Kier alpha value is -3.06. The zero-order valence-electron chi connectivity index (χ0n) is 14.5. The number of rotatable bonds is 7. The fraction of sp³-hybridized carbons (Fsp3) is 0.150. The highest BCUT2D eigenvalue weighted by Crippen LogP contribution is 2.13. The van der Waals surface area contributed by atoms with Crippen LogP contribution in [0, 0.1) is 0 Å². The van der Waals surface area contributed by atoms with Crippen LogP contribution in [0.15, 0.2) is 71.8 Å². The monoisotopic (exact) mass is 381 g/mol. The summed E-state index contributed by atoms with van der Waals surface area (Å²) in [5, 5.41) is 3.44. The number of benzene rings is 2. The van der Waals surface area contributed by atoms with E-state index < -0.39 is 28.7 Å². The maximum absolute atomic E-state index is 12.5. The smallest absolute Gasteiger partial charge is 0.253 e. The molecule has 0 fully saturated rings. The van der Waals surface area contributed by atoms with Gasteiger partial charge in [-0.15, -0.1) is 0 Å². The van der Waals surface area contributed by atoms with E-state index in [0.29, 0.717) is 10.5 Å². The van der Waals surface area contributed by atoms with Crippen molar-refractivity contribution in [1.29, 1.82) is 0 Å². The molecule has 138 valence electrons. The van der Waals surface area contributed by atoms with Crippen LogP contribution in [0.2, 0.25) is 0 Å². The lowest BCUT2D eigenvalue weighted by molar-refractivity contribution is -0.119. The molecule has 2 amide bonds. The molecule has 0 aliphatic rings. The number of nitrogens with zero attached hydrogens (tertiary/aromatic N) is 1. The van der Waals surface area contributed by atoms with E-state index in [1.54, 1.807) is 30.3 Å². The van der Waals surface area contributed by atoms with Crippen LogP contribution in [-0.4, -0.2) is 32.8 Å². The maximum atomic E-state index is 12.5. The van der Waals surface area contributed by atoms with Crippen LogP contribution in [0.25, 0.3) is 10.9 Å². The number of aromatic nitrogens is 1. The van der Waals surface area contributed by atoms with Gasteiger partial charge in [-0.3, -0.25) is 18.8 Å². The van der Waals surface area contributed by atoms with E-state index in [0.717, 1.165) is 10.9 Å². The van der Waals surface area contributed by atoms with Gasteiger partial charge in [0.1, 0.15) is 6.04 Å². The summed E-state index contributed by atoms with van der Waals surface area (Å²) in [6.45, 7) is 0. The summed E-state index contributed by atoms with van der Waals surface area (Å²) in [7, 11) is -1.27. The molecule has 3 N–H and O–H groups in total. The van der Waals surface area contributed by atoms with Crippen molar-refractivity contribution in [3.8, 4) is 0 Å². The standard InChI is InChI=1S/C20H19N3O3S/c21-19(24)18(10-11-27(26)16-7-2-1-3-8-16)23-20(25)15-12-14-6-4-5-9-17(14)22-13-15/h1-9,12-13,18H,10-11H2,(H2,21,24)(H,23,25)/t18-,27+/m1/s1. The molecule has 0 spiro atoms. The number of hydrogen-bond donors (Lipinski definition) is 2. The Bertz CT molecular complexity index is 992. The molecule has 3 aromatic rings. The second-order valence-corrected chi connectivity index (χ2v) is 7.57. The predicted octanol–water partition coefficient (Wildman–Crippen LogP) is 2.02. The minimum Gasteiger partial charge on any atom is -0.368 e. The number of fused-ring (bicyclic) bond motifs is 1. The summed E-state index contributed by atoms with van der Waals surface area (Å²) in [6, 6.07) is 17.2. The molecular formula is C20H19N3O3S. The van der Waals surface area contributed by atoms with Crippen LogP contribution in [-0.2, 0) is 15.6 Å². The number of para-hydroxylation sites is 1. The molecule has 3 rings (SSSR count). The first-order valence-electron chi connectivity index (χ1n) is 8.43. The molecule has 0 aliphatic heterocycles. The largest absolute Gasteiger partial charge is 0.368 e. The number of hydrogen-bond acceptors (Lipinski definition) is 4. The summed E-state index contributed by atoms with van der Waals surface area (Å²) < 4.78 is 12.3. The van der Waals surface area contributed by atoms with E-state index in [1.165, 1.54) is 6.20 Å². The number of primary amides is 1. The molecule has 0 aliphatic carbocycles. The van der Waals surface area contributed by atoms with E-state index in [-0.39, 0.29) is 12.2 Å². The molecular weight excluding hydrogens is 362 g/mol. The zero-order valence-corrected chi connectivity index (χ0v) is 15.3. The van der Waals surface area contributed by atoms with Crippen LogP contribution in [0.4, 0.5) is 0 Å². The molecule has 6 nitrogen and oxygen atoms in total. The van der Waals surface area contributed by atoms with Crippen molar-refractivity contribution in [3.63, 3.8) is 0 Å². The summed E-state index contributed by atoms with van der Waals surface area (Å²) >= 11 is 0. The van der Waals surface area contributed by atoms with Crippen molar-refractivity contribution in [1.82, 2.24) is 10.3 Å². The molecule has 0 unspecified atom stereocenters. The van der Waals surface area contributed by atoms with E-state index in [4.69, 9.17) is 5.73 Å². The Morgan fingerprint density at radius 2 is 1.78 bits per heavy atom. The van der Waals surface area contributed by atoms with Gasteiger partial charge in [-0.1, -0.05) is 36.4 Å². The summed E-state index contributed by atoms with van der Waals surface area (Å²) in [4.78, 5) is 29.1. The highest BCUT2D eigenvalue weighted by molar-refractivity contribution is 7.85. The SMILES string of the molecule is NC(=O)[C@@H](CC[S@](=O)c1ccccc1)NC(=O)c1cnc2ccccc2c1. The van der Waals surface area contributed by atoms with Gasteiger partial charge in [-0.25, -0.2) is 0 Å². The Balaban J connectivity index is 1.67. The molecule has 0 saturated heterocycles. The van der Waals surface area contributed by atoms with Crippen LogP contribution in [0.1, 0.15) is 16.8 Å². The van der Waals surface area contributed by atoms with Crippen molar-refractivity contribution < 1.29 is 13.8 Å². The molecule has 2 aromatic carbocycles. The van der Waals surface area contributed by atoms with Crippen molar-refractivity contribution >= 4 is 33.5 Å². The number of carbonyl (C=O) groups is 2. The number of pyridine rings is 1. The van der Waals surface area contributed by atoms with Crippen molar-refractivity contribution in [3.05, 3.63) is 72.4 Å². The average molecular weight is 381 g/mol. The van der Waals surface area contributed by atoms with Gasteiger partial charge in [-0.05, 0) is 30.7 Å². The van der Waals surface area contributed by atoms with Gasteiger partial charge in [0.15, 0.2) is 0 Å². The maximum Gasteiger partial charge on any atom is 0.253 e. The quantitative estimate of drug-likeness (QED) is 0.653. The van der Waals surface area contributed by atoms with Gasteiger partial charge < -0.3 is 11.1 Å². The lowest BCUT2D eigenvalue weighted by Crippen LogP contribution is -2.45. The molecule has 0 saturated carbocycles. The molecule has 2 atom stereocenters. The van der Waals surface area contributed by atoms with Crippen LogP contribution in [0.3, 0.4) is 0 Å². The second kappa shape index (κ2) is 8.55. The average Bonchev–Trinajstić information content (AvgIpc) is 2.70. The number of carbonyl (C=O) groups excluding carboxylic acids is 2. The molecule has 1 aromatic heterocycles. The van der Waals surface area contributed by atoms with E-state index in [2.05, 4.69) is 10.3 Å². The van der Waals surface area contributed by atoms with Crippen molar-refractivity contribution in [2.75, 3.05) is 5.75 Å². The fourth-order valence-corrected chi connectivity index (χ4v) is 3.78. The van der Waals surface area contributed by atoms with Crippen LogP contribution < -0.4 is 11.1 Å². The first kappa shape index (κ1) is 18.7. The van der Waals surface area contributed by atoms with Crippen molar-refractivity contribution in [2.24, 2.45) is 5.73 Å². The van der Waals surface area contributed by atoms with Gasteiger partial charge in [0.2, 0.25) is 5.91 Å². The predicted molar refractivity (Wildman–Crippen MR) is 105 cm³/mol. The van der Waals surface area contributed by atoms with E-state index >= 15 is 0 Å². The number of nitrogens with one attached hydrogen (secondary N) is 1. The van der Waals surface area contributed by atoms with E-state index in [1.807, 2.05) is 30.3 Å². The molecule has 0 radical (unpaired) electrons. The summed E-state index contributed by atoms with van der Waals surface area (Å²) in [5.41, 5.74) is 6.52. The van der Waals surface area contributed by atoms with Gasteiger partial charge >= 0.3 is 0 Å². The number of amides is 2. The topological polar surface area (TPSA) is 102 Å². The molecule has 27 heavy (non-hydrogen) atoms. The Kier molecular flexibility index (Phi) is 5.93. The zero-order chi connectivity index (χ0) is 19.2. The van der Waals surface area contributed by atoms with E-state index in [9.17, 15) is 13.8 Å². The highest BCUT2D eigenvalue weighted by atomic mass is 32.2. The third kappa shape index (κ3) is 4.77. The minimum absolute atomic E-state index is 0.184. The number of nitrogens with two attached hydrogens (primary N) is 1. The first-order valence-corrected chi connectivity index (χ1v) is 9.75. The van der Waals surface area contributed by atoms with Gasteiger partial charge in [0.05, 0.1) is 21.9 Å². The first-order chi connectivity index (χ1) is 13.0. The van der Waals surface area contributed by atoms with Crippen molar-refractivity contribution in [2.45, 2.75) is 17.4 Å². The lowest BCUT2D eigenvalue weighted by Gasteiger charge is -2.15. The summed E-state index contributed by atoms with van der Waals surface area (Å²) in [5.74, 6) is -0.891. The van der Waals surface area contributed by atoms with Crippen LogP contribution in [0.5, 0.6) is 0 Å². The van der Waals surface area contributed by atoms with Gasteiger partial charge in [0, 0.05) is 22.2 Å². The highest BCUT2D eigenvalue weighted by Gasteiger charge is 2.20. The third-order valence-corrected chi connectivity index (χ3v) is 5.50. The molecule has 7 heteroatoms. The molecule has 0 bridgehead atoms. The Morgan fingerprint density at radius 3 is 2.52 bits per heavy atom. The van der Waals surface area contributed by atoms with Crippen LogP contribution >= 0.6 is 0 Å². The summed E-state index contributed by atoms with van der Waals surface area (Å²) in [6.07, 6.45) is 1.64. The normalized spacial score (nSPS) is 13.0. The second-order valence-electron chi connectivity index (χ2n) is 6.00. The Labute approximate surface area is 159 Å². The fourth-order valence-electron chi connectivity index (χ4n) is 2.64. The molecule has 1 heterocycles. The van der Waals surface area contributed by atoms with Gasteiger partial charge in [-0.2, -0.15) is 0 Å². The minimum atomic E-state index is -1.27. The Morgan fingerprint density at radius 1 is 1.07 bits per heavy atom. The van der Waals surface area contributed by atoms with Gasteiger partial charge in [0.25, 0.3) is 5.91 Å².